The Bertz CT molecular complexity index is 1390. The summed E-state index contributed by atoms with van der Waals surface area (Å²) in [6.07, 6.45) is 4.28. The summed E-state index contributed by atoms with van der Waals surface area (Å²) in [6, 6.07) is 4.11. The van der Waals surface area contributed by atoms with Crippen molar-refractivity contribution in [1.29, 1.82) is 0 Å². The molecule has 0 saturated heterocycles. The lowest BCUT2D eigenvalue weighted by Crippen LogP contribution is -2.39. The molecule has 3 heterocycles. The number of benzene rings is 1. The first-order valence-electron chi connectivity index (χ1n) is 10.4. The number of amidine groups is 1. The number of nitrogens with zero attached hydrogens (tertiary/aromatic N) is 4. The van der Waals surface area contributed by atoms with Crippen LogP contribution >= 0.6 is 0 Å². The van der Waals surface area contributed by atoms with Gasteiger partial charge in [-0.25, -0.2) is 18.1 Å². The molecule has 1 aromatic heterocycles. The first kappa shape index (κ1) is 23.2. The van der Waals surface area contributed by atoms with E-state index in [-0.39, 0.29) is 33.7 Å². The van der Waals surface area contributed by atoms with E-state index in [0.717, 1.165) is 19.1 Å². The molecule has 0 amide bonds. The van der Waals surface area contributed by atoms with Gasteiger partial charge in [-0.2, -0.15) is 13.5 Å². The highest BCUT2D eigenvalue weighted by atomic mass is 32.2. The molecule has 2 aliphatic heterocycles. The second-order valence-electron chi connectivity index (χ2n) is 9.05. The molecule has 1 unspecified atom stereocenters. The molecule has 0 aliphatic carbocycles. The third-order valence-electron chi connectivity index (χ3n) is 5.69. The Morgan fingerprint density at radius 2 is 2.06 bits per heavy atom. The largest absolute Gasteiger partial charge is 0.504 e. The number of aliphatic hydroxyl groups excluding tert-OH is 1. The summed E-state index contributed by atoms with van der Waals surface area (Å²) in [7, 11) is -7.75. The maximum Gasteiger partial charge on any atom is 0.286 e. The zero-order chi connectivity index (χ0) is 24.2. The molecule has 2 aromatic rings. The Morgan fingerprint density at radius 3 is 2.73 bits per heavy atom. The van der Waals surface area contributed by atoms with Gasteiger partial charge >= 0.3 is 0 Å². The number of aliphatic hydroxyl groups is 1. The topological polar surface area (TPSA) is 156 Å². The molecule has 1 aromatic carbocycles. The average Bonchev–Trinajstić information content (AvgIpc) is 3.20. The fourth-order valence-corrected chi connectivity index (χ4v) is 5.75. The van der Waals surface area contributed by atoms with E-state index in [4.69, 9.17) is 0 Å². The van der Waals surface area contributed by atoms with Gasteiger partial charge in [0.2, 0.25) is 10.0 Å². The lowest BCUT2D eigenvalue weighted by molar-refractivity contribution is 0.230. The van der Waals surface area contributed by atoms with Crippen molar-refractivity contribution in [2.75, 3.05) is 16.3 Å². The molecule has 1 atom stereocenters. The molecule has 0 spiro atoms. The van der Waals surface area contributed by atoms with Gasteiger partial charge in [-0.15, -0.1) is 4.40 Å². The number of hydrogen-bond acceptors (Lipinski definition) is 8. The molecule has 3 N–H and O–H groups in total. The van der Waals surface area contributed by atoms with Gasteiger partial charge in [0.15, 0.2) is 17.4 Å². The Hall–Kier alpha value is -2.93. The average molecular weight is 495 g/mol. The molecule has 4 rings (SSSR count). The molecule has 2 aliphatic rings. The molecule has 11 nitrogen and oxygen atoms in total. The smallest absolute Gasteiger partial charge is 0.286 e. The zero-order valence-electron chi connectivity index (χ0n) is 18.7. The van der Waals surface area contributed by atoms with Gasteiger partial charge < -0.3 is 10.4 Å². The fraction of sp³-hybridized carbons (Fsp3) is 0.450. The van der Waals surface area contributed by atoms with Crippen LogP contribution in [0.2, 0.25) is 0 Å². The van der Waals surface area contributed by atoms with Crippen LogP contribution in [0.25, 0.3) is 5.76 Å². The van der Waals surface area contributed by atoms with Gasteiger partial charge in [0.1, 0.15) is 11.2 Å². The van der Waals surface area contributed by atoms with Crippen molar-refractivity contribution >= 4 is 43.0 Å². The number of fused-ring (bicyclic) bond motifs is 2. The van der Waals surface area contributed by atoms with Gasteiger partial charge in [0.25, 0.3) is 10.0 Å². The van der Waals surface area contributed by atoms with Gasteiger partial charge in [-0.1, -0.05) is 13.8 Å². The summed E-state index contributed by atoms with van der Waals surface area (Å²) in [5.41, 5.74) is 0.133. The maximum absolute atomic E-state index is 13.0. The quantitative estimate of drug-likeness (QED) is 0.553. The van der Waals surface area contributed by atoms with E-state index >= 15 is 0 Å². The monoisotopic (exact) mass is 494 g/mol. The van der Waals surface area contributed by atoms with Crippen LogP contribution < -0.4 is 10.0 Å². The molecule has 13 heteroatoms. The van der Waals surface area contributed by atoms with Crippen LogP contribution in [-0.2, 0) is 25.6 Å². The second-order valence-corrected chi connectivity index (χ2v) is 12.4. The van der Waals surface area contributed by atoms with Crippen LogP contribution in [0.4, 0.5) is 11.4 Å². The summed E-state index contributed by atoms with van der Waals surface area (Å²) in [4.78, 5) is 4.01. The lowest BCUT2D eigenvalue weighted by atomic mass is 9.83. The number of rotatable bonds is 6. The third-order valence-corrected chi connectivity index (χ3v) is 7.61. The summed E-state index contributed by atoms with van der Waals surface area (Å²) in [5.74, 6) is 0.524. The predicted octanol–water partition coefficient (Wildman–Crippen LogP) is 2.69. The van der Waals surface area contributed by atoms with Crippen LogP contribution in [-0.4, -0.2) is 48.8 Å². The van der Waals surface area contributed by atoms with Crippen LogP contribution in [0.1, 0.15) is 45.9 Å². The highest BCUT2D eigenvalue weighted by Crippen LogP contribution is 2.41. The molecule has 0 saturated carbocycles. The molecule has 0 bridgehead atoms. The minimum Gasteiger partial charge on any atom is -0.504 e. The number of nitrogens with one attached hydrogen (secondary N) is 2. The molecule has 33 heavy (non-hydrogen) atoms. The van der Waals surface area contributed by atoms with E-state index in [1.54, 1.807) is 4.68 Å². The Balaban J connectivity index is 1.76. The van der Waals surface area contributed by atoms with E-state index < -0.39 is 25.6 Å². The number of hydrogen-bond donors (Lipinski definition) is 3. The normalized spacial score (nSPS) is 21.8. The Morgan fingerprint density at radius 1 is 1.33 bits per heavy atom. The molecular weight excluding hydrogens is 468 g/mol. The first-order valence-corrected chi connectivity index (χ1v) is 13.7. The van der Waals surface area contributed by atoms with E-state index in [0.29, 0.717) is 17.9 Å². The number of anilines is 2. The van der Waals surface area contributed by atoms with Crippen molar-refractivity contribution in [2.45, 2.75) is 50.5 Å². The molecule has 0 radical (unpaired) electrons. The number of aromatic nitrogens is 3. The predicted molar refractivity (Wildman–Crippen MR) is 125 cm³/mol. The summed E-state index contributed by atoms with van der Waals surface area (Å²) < 4.78 is 56.8. The minimum atomic E-state index is -4.17. The molecule has 178 valence electrons. The maximum atomic E-state index is 13.0. The van der Waals surface area contributed by atoms with Crippen LogP contribution in [0.15, 0.2) is 39.4 Å². The number of sulfonamides is 2. The van der Waals surface area contributed by atoms with E-state index in [1.165, 1.54) is 24.5 Å². The summed E-state index contributed by atoms with van der Waals surface area (Å²) >= 11 is 0. The van der Waals surface area contributed by atoms with Crippen LogP contribution in [0.5, 0.6) is 0 Å². The van der Waals surface area contributed by atoms with Gasteiger partial charge in [0.05, 0.1) is 17.5 Å². The van der Waals surface area contributed by atoms with Crippen LogP contribution in [0.3, 0.4) is 0 Å². The SMILES string of the molecule is CC(C)CCC1(C)CC(C2=NS(=O)(=O)c3cc(NS(C)(=O)=O)ccc3N2)=C(O)c2ncnn21. The van der Waals surface area contributed by atoms with Crippen molar-refractivity contribution in [2.24, 2.45) is 10.3 Å². The molecular formula is C20H26N6O5S2. The van der Waals surface area contributed by atoms with Crippen molar-refractivity contribution < 1.29 is 21.9 Å². The first-order chi connectivity index (χ1) is 15.3. The van der Waals surface area contributed by atoms with Crippen LogP contribution in [0, 0.1) is 5.92 Å². The minimum absolute atomic E-state index is 0.00819. The standard InChI is InChI=1S/C20H26N6O5S2/c1-12(2)7-8-20(3)10-14(17(27)19-21-11-22-26(19)20)18-23-15-6-5-13(24-32(4,28)29)9-16(15)33(30,31)25-18/h5-6,9,11-12,24,27H,7-8,10H2,1-4H3,(H,23,25). The highest BCUT2D eigenvalue weighted by Gasteiger charge is 2.40. The second kappa shape index (κ2) is 7.83. The van der Waals surface area contributed by atoms with Crippen molar-refractivity contribution in [3.63, 3.8) is 0 Å². The van der Waals surface area contributed by atoms with Gasteiger partial charge in [-0.3, -0.25) is 4.72 Å². The zero-order valence-corrected chi connectivity index (χ0v) is 20.3. The Labute approximate surface area is 192 Å². The fourth-order valence-electron chi connectivity index (χ4n) is 4.03. The van der Waals surface area contributed by atoms with E-state index in [1.807, 2.05) is 6.92 Å². The highest BCUT2D eigenvalue weighted by molar-refractivity contribution is 7.92. The van der Waals surface area contributed by atoms with Crippen molar-refractivity contribution in [3.05, 3.63) is 35.9 Å². The van der Waals surface area contributed by atoms with E-state index in [9.17, 15) is 21.9 Å². The summed E-state index contributed by atoms with van der Waals surface area (Å²) in [6.45, 7) is 6.23. The van der Waals surface area contributed by atoms with E-state index in [2.05, 4.69) is 38.4 Å². The third kappa shape index (κ3) is 4.47. The molecule has 0 fully saturated rings. The lowest BCUT2D eigenvalue weighted by Gasteiger charge is -2.36. The van der Waals surface area contributed by atoms with Gasteiger partial charge in [0, 0.05) is 17.7 Å². The van der Waals surface area contributed by atoms with Crippen molar-refractivity contribution in [3.8, 4) is 0 Å². The summed E-state index contributed by atoms with van der Waals surface area (Å²) in [5, 5.41) is 18.2. The van der Waals surface area contributed by atoms with Gasteiger partial charge in [-0.05, 0) is 43.9 Å². The van der Waals surface area contributed by atoms with Crippen molar-refractivity contribution in [1.82, 2.24) is 14.8 Å². The Kier molecular flexibility index (Phi) is 5.52.